The molecular formula is C16H25N3O2S2. The summed E-state index contributed by atoms with van der Waals surface area (Å²) < 4.78 is 25.6. The van der Waals surface area contributed by atoms with Crippen LogP contribution in [0.2, 0.25) is 0 Å². The van der Waals surface area contributed by atoms with Gasteiger partial charge in [0.25, 0.3) is 0 Å². The summed E-state index contributed by atoms with van der Waals surface area (Å²) in [5.74, 6) is 0. The van der Waals surface area contributed by atoms with Crippen molar-refractivity contribution in [3.8, 4) is 0 Å². The van der Waals surface area contributed by atoms with Crippen molar-refractivity contribution in [3.63, 3.8) is 0 Å². The quantitative estimate of drug-likeness (QED) is 0.845. The van der Waals surface area contributed by atoms with Crippen molar-refractivity contribution >= 4 is 33.0 Å². The van der Waals surface area contributed by atoms with Crippen molar-refractivity contribution < 1.29 is 8.42 Å². The largest absolute Gasteiger partial charge is 0.349 e. The normalized spacial score (nSPS) is 16.7. The average molecular weight is 356 g/mol. The fourth-order valence-corrected chi connectivity index (χ4v) is 3.85. The van der Waals surface area contributed by atoms with E-state index in [1.54, 1.807) is 18.2 Å². The van der Waals surface area contributed by atoms with Crippen molar-refractivity contribution in [1.29, 1.82) is 0 Å². The van der Waals surface area contributed by atoms with Gasteiger partial charge in [-0.05, 0) is 43.3 Å². The molecule has 0 unspecified atom stereocenters. The molecule has 128 valence electrons. The Morgan fingerprint density at radius 3 is 2.35 bits per heavy atom. The number of rotatable bonds is 3. The molecule has 1 aliphatic rings. The van der Waals surface area contributed by atoms with Crippen molar-refractivity contribution in [2.75, 3.05) is 32.5 Å². The second-order valence-electron chi connectivity index (χ2n) is 6.00. The average Bonchev–Trinajstić information content (AvgIpc) is 2.46. The molecule has 1 aromatic carbocycles. The van der Waals surface area contributed by atoms with E-state index < -0.39 is 10.0 Å². The van der Waals surface area contributed by atoms with Crippen molar-refractivity contribution in [1.82, 2.24) is 9.21 Å². The second-order valence-corrected chi connectivity index (χ2v) is 8.54. The molecule has 0 aliphatic carbocycles. The third-order valence-electron chi connectivity index (χ3n) is 4.01. The van der Waals surface area contributed by atoms with Gasteiger partial charge in [-0.15, -0.1) is 0 Å². The first-order valence-electron chi connectivity index (χ1n) is 8.00. The Morgan fingerprint density at radius 1 is 1.13 bits per heavy atom. The monoisotopic (exact) mass is 355 g/mol. The molecule has 0 saturated carbocycles. The second kappa shape index (κ2) is 8.08. The SMILES string of the molecule is CN(C)S(=O)(=O)c1cccc(NC(=S)N2CCCCCCC2)c1. The van der Waals surface area contributed by atoms with Gasteiger partial charge in [0.1, 0.15) is 0 Å². The molecule has 0 aromatic heterocycles. The van der Waals surface area contributed by atoms with E-state index in [0.29, 0.717) is 10.8 Å². The zero-order chi connectivity index (χ0) is 16.9. The van der Waals surface area contributed by atoms with E-state index in [1.165, 1.54) is 37.7 Å². The first-order valence-corrected chi connectivity index (χ1v) is 9.84. The van der Waals surface area contributed by atoms with E-state index in [1.807, 2.05) is 6.07 Å². The molecule has 0 spiro atoms. The van der Waals surface area contributed by atoms with Crippen LogP contribution < -0.4 is 5.32 Å². The molecular weight excluding hydrogens is 330 g/mol. The Hall–Kier alpha value is -1.18. The highest BCUT2D eigenvalue weighted by Gasteiger charge is 2.18. The molecule has 5 nitrogen and oxygen atoms in total. The molecule has 1 aliphatic heterocycles. The lowest BCUT2D eigenvalue weighted by Crippen LogP contribution is -2.37. The lowest BCUT2D eigenvalue weighted by Gasteiger charge is -2.27. The van der Waals surface area contributed by atoms with Crippen molar-refractivity contribution in [2.45, 2.75) is 37.0 Å². The van der Waals surface area contributed by atoms with Crippen LogP contribution in [-0.2, 0) is 10.0 Å². The lowest BCUT2D eigenvalue weighted by molar-refractivity contribution is 0.366. The number of hydrogen-bond acceptors (Lipinski definition) is 3. The molecule has 23 heavy (non-hydrogen) atoms. The van der Waals surface area contributed by atoms with E-state index in [2.05, 4.69) is 10.2 Å². The van der Waals surface area contributed by atoms with Crippen LogP contribution in [0.25, 0.3) is 0 Å². The van der Waals surface area contributed by atoms with Crippen LogP contribution in [0, 0.1) is 0 Å². The summed E-state index contributed by atoms with van der Waals surface area (Å²) >= 11 is 5.50. The predicted octanol–water partition coefficient (Wildman–Crippen LogP) is 2.90. The molecule has 0 radical (unpaired) electrons. The third-order valence-corrected chi connectivity index (χ3v) is 6.18. The fourth-order valence-electron chi connectivity index (χ4n) is 2.60. The Balaban J connectivity index is 2.09. The summed E-state index contributed by atoms with van der Waals surface area (Å²) in [6.45, 7) is 1.92. The molecule has 1 saturated heterocycles. The van der Waals surface area contributed by atoms with E-state index in [4.69, 9.17) is 12.2 Å². The van der Waals surface area contributed by atoms with Gasteiger partial charge in [-0.3, -0.25) is 0 Å². The summed E-state index contributed by atoms with van der Waals surface area (Å²) in [6, 6.07) is 6.80. The van der Waals surface area contributed by atoms with Crippen molar-refractivity contribution in [3.05, 3.63) is 24.3 Å². The Morgan fingerprint density at radius 2 is 1.74 bits per heavy atom. The van der Waals surface area contributed by atoms with Crippen LogP contribution in [0.3, 0.4) is 0 Å². The highest BCUT2D eigenvalue weighted by Crippen LogP contribution is 2.19. The van der Waals surface area contributed by atoms with Gasteiger partial charge in [0.05, 0.1) is 4.90 Å². The van der Waals surface area contributed by atoms with Gasteiger partial charge in [0, 0.05) is 32.9 Å². The smallest absolute Gasteiger partial charge is 0.242 e. The van der Waals surface area contributed by atoms with E-state index in [-0.39, 0.29) is 4.90 Å². The Labute approximate surface area is 144 Å². The maximum Gasteiger partial charge on any atom is 0.242 e. The molecule has 7 heteroatoms. The zero-order valence-electron chi connectivity index (χ0n) is 13.8. The molecule has 0 bridgehead atoms. The number of sulfonamides is 1. The summed E-state index contributed by atoms with van der Waals surface area (Å²) in [5.41, 5.74) is 0.708. The molecule has 1 aromatic rings. The van der Waals surface area contributed by atoms with Gasteiger partial charge in [0.2, 0.25) is 10.0 Å². The number of benzene rings is 1. The van der Waals surface area contributed by atoms with Crippen LogP contribution in [0.1, 0.15) is 32.1 Å². The summed E-state index contributed by atoms with van der Waals surface area (Å²) in [4.78, 5) is 2.45. The van der Waals surface area contributed by atoms with Crippen LogP contribution in [-0.4, -0.2) is 49.9 Å². The standard InChI is InChI=1S/C16H25N3O2S2/c1-18(2)23(20,21)15-10-8-9-14(13-15)17-16(22)19-11-6-4-3-5-7-12-19/h8-10,13H,3-7,11-12H2,1-2H3,(H,17,22). The number of hydrogen-bond donors (Lipinski definition) is 1. The van der Waals surface area contributed by atoms with E-state index in [9.17, 15) is 8.42 Å². The molecule has 1 fully saturated rings. The minimum absolute atomic E-state index is 0.267. The summed E-state index contributed by atoms with van der Waals surface area (Å²) in [7, 11) is -0.378. The molecule has 1 N–H and O–H groups in total. The number of nitrogens with zero attached hydrogens (tertiary/aromatic N) is 2. The van der Waals surface area contributed by atoms with Gasteiger partial charge in [-0.1, -0.05) is 25.3 Å². The Kier molecular flexibility index (Phi) is 6.38. The van der Waals surface area contributed by atoms with Gasteiger partial charge in [-0.25, -0.2) is 12.7 Å². The van der Waals surface area contributed by atoms with Crippen LogP contribution in [0.15, 0.2) is 29.2 Å². The van der Waals surface area contributed by atoms with Gasteiger partial charge >= 0.3 is 0 Å². The zero-order valence-corrected chi connectivity index (χ0v) is 15.4. The van der Waals surface area contributed by atoms with Gasteiger partial charge in [-0.2, -0.15) is 0 Å². The number of likely N-dealkylation sites (tertiary alicyclic amines) is 1. The van der Waals surface area contributed by atoms with Crippen molar-refractivity contribution in [2.24, 2.45) is 0 Å². The maximum atomic E-state index is 12.2. The molecule has 1 heterocycles. The minimum atomic E-state index is -3.43. The number of anilines is 1. The van der Waals surface area contributed by atoms with Gasteiger partial charge < -0.3 is 10.2 Å². The van der Waals surface area contributed by atoms with E-state index >= 15 is 0 Å². The van der Waals surface area contributed by atoms with Crippen LogP contribution in [0.4, 0.5) is 5.69 Å². The molecule has 0 atom stereocenters. The fraction of sp³-hybridized carbons (Fsp3) is 0.562. The topological polar surface area (TPSA) is 52.7 Å². The Bertz CT molecular complexity index is 636. The molecule has 2 rings (SSSR count). The third kappa shape index (κ3) is 4.89. The molecule has 0 amide bonds. The van der Waals surface area contributed by atoms with Crippen LogP contribution >= 0.6 is 12.2 Å². The van der Waals surface area contributed by atoms with Gasteiger partial charge in [0.15, 0.2) is 5.11 Å². The first kappa shape index (κ1) is 18.2. The number of nitrogens with one attached hydrogen (secondary N) is 1. The summed E-state index contributed by atoms with van der Waals surface area (Å²) in [6.07, 6.45) is 6.09. The predicted molar refractivity (Wildman–Crippen MR) is 98.2 cm³/mol. The van der Waals surface area contributed by atoms with E-state index in [0.717, 1.165) is 25.9 Å². The highest BCUT2D eigenvalue weighted by molar-refractivity contribution is 7.89. The number of thiocarbonyl (C=S) groups is 1. The van der Waals surface area contributed by atoms with Crippen LogP contribution in [0.5, 0.6) is 0 Å². The summed E-state index contributed by atoms with van der Waals surface area (Å²) in [5, 5.41) is 3.86. The first-order chi connectivity index (χ1) is 10.9. The lowest BCUT2D eigenvalue weighted by atomic mass is 10.1. The highest BCUT2D eigenvalue weighted by atomic mass is 32.2. The minimum Gasteiger partial charge on any atom is -0.349 e. The maximum absolute atomic E-state index is 12.2.